The molecule has 0 aliphatic rings. The first-order valence-corrected chi connectivity index (χ1v) is 5.74. The van der Waals surface area contributed by atoms with E-state index in [9.17, 15) is 0 Å². The molecule has 0 amide bonds. The van der Waals surface area contributed by atoms with Crippen molar-refractivity contribution in [1.29, 1.82) is 0 Å². The van der Waals surface area contributed by atoms with Crippen molar-refractivity contribution in [3.05, 3.63) is 60.4 Å². The first-order valence-electron chi connectivity index (χ1n) is 5.74. The van der Waals surface area contributed by atoms with Gasteiger partial charge in [-0.1, -0.05) is 23.8 Å². The summed E-state index contributed by atoms with van der Waals surface area (Å²) in [7, 11) is 0. The molecule has 3 rings (SSSR count). The maximum atomic E-state index is 4.42. The van der Waals surface area contributed by atoms with Crippen LogP contribution in [0.4, 0.5) is 0 Å². The standard InChI is InChI=1S/C14H12N4/c1-11-5-7-12(8-6-11)18-16-10-14(17-18)13-4-2-3-9-15-13/h2-10H,1H3. The number of rotatable bonds is 2. The first-order chi connectivity index (χ1) is 8.83. The normalized spacial score (nSPS) is 10.5. The van der Waals surface area contributed by atoms with Gasteiger partial charge in [0.25, 0.3) is 0 Å². The minimum atomic E-state index is 0.774. The highest BCUT2D eigenvalue weighted by Crippen LogP contribution is 2.14. The van der Waals surface area contributed by atoms with E-state index in [0.29, 0.717) is 0 Å². The van der Waals surface area contributed by atoms with Gasteiger partial charge in [-0.25, -0.2) is 0 Å². The molecule has 1 aromatic carbocycles. The Balaban J connectivity index is 1.97. The highest BCUT2D eigenvalue weighted by molar-refractivity contribution is 5.51. The Morgan fingerprint density at radius 1 is 0.944 bits per heavy atom. The van der Waals surface area contributed by atoms with E-state index in [4.69, 9.17) is 0 Å². The second-order valence-corrected chi connectivity index (χ2v) is 4.07. The van der Waals surface area contributed by atoms with Crippen molar-refractivity contribution in [2.45, 2.75) is 6.92 Å². The van der Waals surface area contributed by atoms with Crippen LogP contribution in [0.3, 0.4) is 0 Å². The molecule has 0 atom stereocenters. The van der Waals surface area contributed by atoms with Gasteiger partial charge in [0.2, 0.25) is 0 Å². The minimum Gasteiger partial charge on any atom is -0.254 e. The second-order valence-electron chi connectivity index (χ2n) is 4.07. The zero-order valence-corrected chi connectivity index (χ0v) is 9.99. The molecule has 0 radical (unpaired) electrons. The fourth-order valence-corrected chi connectivity index (χ4v) is 1.70. The zero-order valence-electron chi connectivity index (χ0n) is 9.99. The summed E-state index contributed by atoms with van der Waals surface area (Å²) in [6.07, 6.45) is 3.47. The summed E-state index contributed by atoms with van der Waals surface area (Å²) in [5, 5.41) is 8.68. The molecule has 0 aliphatic carbocycles. The molecule has 88 valence electrons. The summed E-state index contributed by atoms with van der Waals surface area (Å²) in [5.41, 5.74) is 3.77. The van der Waals surface area contributed by atoms with E-state index in [1.807, 2.05) is 42.5 Å². The Morgan fingerprint density at radius 2 is 1.78 bits per heavy atom. The first kappa shape index (κ1) is 10.7. The van der Waals surface area contributed by atoms with E-state index in [1.165, 1.54) is 5.56 Å². The third kappa shape index (κ3) is 2.00. The monoisotopic (exact) mass is 236 g/mol. The third-order valence-corrected chi connectivity index (χ3v) is 2.68. The molecule has 2 heterocycles. The minimum absolute atomic E-state index is 0.774. The molecule has 0 aliphatic heterocycles. The van der Waals surface area contributed by atoms with Crippen LogP contribution in [0.15, 0.2) is 54.9 Å². The lowest BCUT2D eigenvalue weighted by molar-refractivity contribution is 0.753. The predicted molar refractivity (Wildman–Crippen MR) is 69.3 cm³/mol. The lowest BCUT2D eigenvalue weighted by Crippen LogP contribution is -1.98. The van der Waals surface area contributed by atoms with Gasteiger partial charge in [-0.2, -0.15) is 9.90 Å². The van der Waals surface area contributed by atoms with E-state index >= 15 is 0 Å². The van der Waals surface area contributed by atoms with E-state index in [1.54, 1.807) is 17.2 Å². The molecule has 0 N–H and O–H groups in total. The molecule has 0 fully saturated rings. The van der Waals surface area contributed by atoms with Gasteiger partial charge < -0.3 is 0 Å². The molecule has 0 spiro atoms. The average Bonchev–Trinajstić information content (AvgIpc) is 2.90. The predicted octanol–water partition coefficient (Wildman–Crippen LogP) is 2.64. The Hall–Kier alpha value is -2.49. The average molecular weight is 236 g/mol. The van der Waals surface area contributed by atoms with Crippen LogP contribution in [0.2, 0.25) is 0 Å². The SMILES string of the molecule is Cc1ccc(-n2ncc(-c3ccccn3)n2)cc1. The number of nitrogens with zero attached hydrogens (tertiary/aromatic N) is 4. The fourth-order valence-electron chi connectivity index (χ4n) is 1.70. The molecule has 4 nitrogen and oxygen atoms in total. The third-order valence-electron chi connectivity index (χ3n) is 2.68. The van der Waals surface area contributed by atoms with Crippen molar-refractivity contribution in [1.82, 2.24) is 20.0 Å². The number of pyridine rings is 1. The number of hydrogen-bond acceptors (Lipinski definition) is 3. The van der Waals surface area contributed by atoms with Crippen LogP contribution < -0.4 is 0 Å². The Kier molecular flexibility index (Phi) is 2.61. The molecule has 0 saturated heterocycles. The van der Waals surface area contributed by atoms with Crippen LogP contribution in [-0.4, -0.2) is 20.0 Å². The van der Waals surface area contributed by atoms with Crippen LogP contribution in [-0.2, 0) is 0 Å². The largest absolute Gasteiger partial charge is 0.254 e. The maximum Gasteiger partial charge on any atom is 0.131 e. The molecular formula is C14H12N4. The molecule has 4 heteroatoms. The summed E-state index contributed by atoms with van der Waals surface area (Å²) in [4.78, 5) is 5.87. The van der Waals surface area contributed by atoms with E-state index in [-0.39, 0.29) is 0 Å². The summed E-state index contributed by atoms with van der Waals surface area (Å²) < 4.78 is 0. The van der Waals surface area contributed by atoms with Crippen LogP contribution in [0, 0.1) is 6.92 Å². The molecule has 0 unspecified atom stereocenters. The van der Waals surface area contributed by atoms with Gasteiger partial charge >= 0.3 is 0 Å². The molecule has 0 saturated carbocycles. The van der Waals surface area contributed by atoms with E-state index in [2.05, 4.69) is 22.1 Å². The lowest BCUT2D eigenvalue weighted by atomic mass is 10.2. The fraction of sp³-hybridized carbons (Fsp3) is 0.0714. The lowest BCUT2D eigenvalue weighted by Gasteiger charge is -1.99. The van der Waals surface area contributed by atoms with Crippen LogP contribution in [0.25, 0.3) is 17.1 Å². The van der Waals surface area contributed by atoms with Gasteiger partial charge in [0.15, 0.2) is 0 Å². The van der Waals surface area contributed by atoms with Gasteiger partial charge in [-0.3, -0.25) is 4.98 Å². The van der Waals surface area contributed by atoms with Crippen molar-refractivity contribution in [3.63, 3.8) is 0 Å². The van der Waals surface area contributed by atoms with Crippen molar-refractivity contribution >= 4 is 0 Å². The Labute approximate surface area is 105 Å². The van der Waals surface area contributed by atoms with Gasteiger partial charge in [-0.15, -0.1) is 5.10 Å². The zero-order chi connectivity index (χ0) is 12.4. The molecule has 3 aromatic rings. The smallest absolute Gasteiger partial charge is 0.131 e. The number of aryl methyl sites for hydroxylation is 1. The molecule has 18 heavy (non-hydrogen) atoms. The van der Waals surface area contributed by atoms with Crippen LogP contribution in [0.5, 0.6) is 0 Å². The molecular weight excluding hydrogens is 224 g/mol. The van der Waals surface area contributed by atoms with Crippen molar-refractivity contribution in [2.24, 2.45) is 0 Å². The van der Waals surface area contributed by atoms with Crippen molar-refractivity contribution in [3.8, 4) is 17.1 Å². The highest BCUT2D eigenvalue weighted by atomic mass is 15.5. The summed E-state index contributed by atoms with van der Waals surface area (Å²) in [6, 6.07) is 13.8. The van der Waals surface area contributed by atoms with Crippen LogP contribution >= 0.6 is 0 Å². The topological polar surface area (TPSA) is 43.6 Å². The van der Waals surface area contributed by atoms with Gasteiger partial charge in [0.1, 0.15) is 5.69 Å². The molecule has 2 aromatic heterocycles. The van der Waals surface area contributed by atoms with Gasteiger partial charge in [0.05, 0.1) is 17.6 Å². The number of aromatic nitrogens is 4. The van der Waals surface area contributed by atoms with E-state index in [0.717, 1.165) is 17.1 Å². The highest BCUT2D eigenvalue weighted by Gasteiger charge is 2.05. The number of hydrogen-bond donors (Lipinski definition) is 0. The summed E-state index contributed by atoms with van der Waals surface area (Å²) in [6.45, 7) is 2.06. The van der Waals surface area contributed by atoms with Crippen molar-refractivity contribution < 1.29 is 0 Å². The quantitative estimate of drug-likeness (QED) is 0.687. The summed E-state index contributed by atoms with van der Waals surface area (Å²) >= 11 is 0. The van der Waals surface area contributed by atoms with Gasteiger partial charge in [-0.05, 0) is 31.2 Å². The van der Waals surface area contributed by atoms with Crippen molar-refractivity contribution in [2.75, 3.05) is 0 Å². The van der Waals surface area contributed by atoms with Gasteiger partial charge in [0, 0.05) is 6.20 Å². The maximum absolute atomic E-state index is 4.42. The van der Waals surface area contributed by atoms with E-state index < -0.39 is 0 Å². The van der Waals surface area contributed by atoms with Crippen LogP contribution in [0.1, 0.15) is 5.56 Å². The number of benzene rings is 1. The second kappa shape index (κ2) is 4.41. The molecule has 0 bridgehead atoms. The Bertz CT molecular complexity index is 641. The summed E-state index contributed by atoms with van der Waals surface area (Å²) in [5.74, 6) is 0. The Morgan fingerprint density at radius 3 is 2.50 bits per heavy atom.